The van der Waals surface area contributed by atoms with Crippen LogP contribution in [0.1, 0.15) is 28.4 Å². The van der Waals surface area contributed by atoms with Crippen LogP contribution in [0.3, 0.4) is 0 Å². The molecule has 0 saturated heterocycles. The number of aromatic carboxylic acids is 1. The van der Waals surface area contributed by atoms with E-state index in [1.54, 1.807) is 67.6 Å². The second-order valence-electron chi connectivity index (χ2n) is 7.66. The number of para-hydroxylation sites is 1. The van der Waals surface area contributed by atoms with Crippen LogP contribution in [-0.2, 0) is 10.0 Å². The van der Waals surface area contributed by atoms with Gasteiger partial charge in [-0.25, -0.2) is 13.2 Å². The molecule has 0 spiro atoms. The second kappa shape index (κ2) is 10.4. The molecule has 0 bridgehead atoms. The number of rotatable bonds is 7. The number of nitrogens with one attached hydrogen (secondary N) is 1. The summed E-state index contributed by atoms with van der Waals surface area (Å²) in [5.41, 5.74) is 1.35. The summed E-state index contributed by atoms with van der Waals surface area (Å²) in [6.45, 7) is 2.07. The highest BCUT2D eigenvalue weighted by atomic mass is 32.2. The molecule has 4 rings (SSSR count). The number of ether oxygens (including phenoxy) is 2. The van der Waals surface area contributed by atoms with E-state index < -0.39 is 16.0 Å². The molecule has 0 fully saturated rings. The minimum absolute atomic E-state index is 0.0438. The van der Waals surface area contributed by atoms with Crippen molar-refractivity contribution < 1.29 is 27.8 Å². The predicted molar refractivity (Wildman–Crippen MR) is 138 cm³/mol. The van der Waals surface area contributed by atoms with Crippen LogP contribution in [0.5, 0.6) is 11.5 Å². The molecule has 4 aromatic rings. The number of anilines is 1. The van der Waals surface area contributed by atoms with E-state index in [-0.39, 0.29) is 16.2 Å². The largest absolute Gasteiger partial charge is 0.496 e. The Morgan fingerprint density at radius 3 is 2.36 bits per heavy atom. The molecule has 0 amide bonds. The quantitative estimate of drug-likeness (QED) is 0.340. The summed E-state index contributed by atoms with van der Waals surface area (Å²) in [6.07, 6.45) is 0. The van der Waals surface area contributed by atoms with Gasteiger partial charge in [0.2, 0.25) is 0 Å². The minimum Gasteiger partial charge on any atom is -0.496 e. The maximum Gasteiger partial charge on any atom is 0.339 e. The molecule has 7 nitrogen and oxygen atoms in total. The smallest absolute Gasteiger partial charge is 0.339 e. The third kappa shape index (κ3) is 5.11. The molecule has 0 atom stereocenters. The van der Waals surface area contributed by atoms with Gasteiger partial charge in [-0.1, -0.05) is 48.2 Å². The fourth-order valence-corrected chi connectivity index (χ4v) is 5.02. The van der Waals surface area contributed by atoms with Gasteiger partial charge in [-0.3, -0.25) is 4.72 Å². The Hall–Kier alpha value is -4.48. The maximum atomic E-state index is 13.4. The van der Waals surface area contributed by atoms with Crippen molar-refractivity contribution in [2.24, 2.45) is 0 Å². The van der Waals surface area contributed by atoms with Gasteiger partial charge >= 0.3 is 5.97 Å². The molecule has 0 aliphatic carbocycles. The first-order valence-corrected chi connectivity index (χ1v) is 12.5. The highest BCUT2D eigenvalue weighted by Gasteiger charge is 2.20. The molecule has 0 aliphatic heterocycles. The fourth-order valence-electron chi connectivity index (χ4n) is 3.73. The van der Waals surface area contributed by atoms with E-state index in [1.165, 1.54) is 19.2 Å². The van der Waals surface area contributed by atoms with Crippen molar-refractivity contribution >= 4 is 32.5 Å². The number of carbonyl (C=O) groups is 1. The zero-order valence-corrected chi connectivity index (χ0v) is 20.4. The van der Waals surface area contributed by atoms with E-state index in [2.05, 4.69) is 16.6 Å². The number of benzene rings is 4. The van der Waals surface area contributed by atoms with Crippen LogP contribution in [0.2, 0.25) is 0 Å². The average molecular weight is 502 g/mol. The lowest BCUT2D eigenvalue weighted by Crippen LogP contribution is -2.14. The lowest BCUT2D eigenvalue weighted by atomic mass is 10.1. The van der Waals surface area contributed by atoms with E-state index >= 15 is 0 Å². The Labute approximate surface area is 209 Å². The number of carboxylic acids is 1. The summed E-state index contributed by atoms with van der Waals surface area (Å²) in [6, 6.07) is 21.6. The zero-order chi connectivity index (χ0) is 25.7. The molecule has 0 radical (unpaired) electrons. The maximum absolute atomic E-state index is 13.4. The predicted octanol–water partition coefficient (Wildman–Crippen LogP) is 5.15. The van der Waals surface area contributed by atoms with Gasteiger partial charge in [0.1, 0.15) is 17.1 Å². The standard InChI is InChI=1S/C28H23NO6S/c1-3-35-26-18-19(13-15-23(26)28(30)31)12-14-20-8-4-7-11-24(20)29-36(32,33)27-17-16-25(34-2)21-9-5-6-10-22(21)27/h4-11,13,15-18,29H,3H2,1-2H3,(H,30,31). The van der Waals surface area contributed by atoms with E-state index in [4.69, 9.17) is 9.47 Å². The second-order valence-corrected chi connectivity index (χ2v) is 9.31. The number of methoxy groups -OCH3 is 1. The zero-order valence-electron chi connectivity index (χ0n) is 19.6. The molecule has 8 heteroatoms. The van der Waals surface area contributed by atoms with Gasteiger partial charge in [0.05, 0.1) is 24.3 Å². The lowest BCUT2D eigenvalue weighted by Gasteiger charge is -2.13. The van der Waals surface area contributed by atoms with Crippen molar-refractivity contribution in [1.29, 1.82) is 0 Å². The van der Waals surface area contributed by atoms with Crippen LogP contribution >= 0.6 is 0 Å². The van der Waals surface area contributed by atoms with Crippen molar-refractivity contribution in [2.45, 2.75) is 11.8 Å². The van der Waals surface area contributed by atoms with Gasteiger partial charge in [0.25, 0.3) is 10.0 Å². The number of sulfonamides is 1. The molecule has 0 aromatic heterocycles. The van der Waals surface area contributed by atoms with E-state index in [0.29, 0.717) is 39.9 Å². The number of hydrogen-bond acceptors (Lipinski definition) is 5. The summed E-state index contributed by atoms with van der Waals surface area (Å²) in [5, 5.41) is 10.6. The SMILES string of the molecule is CCOc1cc(C#Cc2ccccc2NS(=O)(=O)c2ccc(OC)c3ccccc23)ccc1C(=O)O. The molecule has 182 valence electrons. The first-order chi connectivity index (χ1) is 17.3. The van der Waals surface area contributed by atoms with E-state index in [1.807, 2.05) is 6.07 Å². The van der Waals surface area contributed by atoms with Gasteiger partial charge in [-0.2, -0.15) is 0 Å². The Morgan fingerprint density at radius 2 is 1.64 bits per heavy atom. The Morgan fingerprint density at radius 1 is 0.917 bits per heavy atom. The monoisotopic (exact) mass is 501 g/mol. The molecule has 2 N–H and O–H groups in total. The Kier molecular flexibility index (Phi) is 7.13. The summed E-state index contributed by atoms with van der Waals surface area (Å²) >= 11 is 0. The molecule has 0 aliphatic rings. The van der Waals surface area contributed by atoms with Crippen LogP contribution < -0.4 is 14.2 Å². The normalized spacial score (nSPS) is 10.8. The van der Waals surface area contributed by atoms with Crippen LogP contribution in [0.25, 0.3) is 10.8 Å². The molecule has 0 saturated carbocycles. The lowest BCUT2D eigenvalue weighted by molar-refractivity contribution is 0.0692. The fraction of sp³-hybridized carbons (Fsp3) is 0.107. The molecular weight excluding hydrogens is 478 g/mol. The van der Waals surface area contributed by atoms with Crippen LogP contribution in [0, 0.1) is 11.8 Å². The van der Waals surface area contributed by atoms with Crippen molar-refractivity contribution in [3.05, 3.63) is 95.6 Å². The Bertz CT molecular complexity index is 1620. The Balaban J connectivity index is 1.70. The van der Waals surface area contributed by atoms with E-state index in [9.17, 15) is 18.3 Å². The highest BCUT2D eigenvalue weighted by Crippen LogP contribution is 2.32. The summed E-state index contributed by atoms with van der Waals surface area (Å²) < 4.78 is 40.2. The number of hydrogen-bond donors (Lipinski definition) is 2. The van der Waals surface area contributed by atoms with Crippen molar-refractivity contribution in [3.8, 4) is 23.3 Å². The number of carboxylic acid groups (broad SMARTS) is 1. The topological polar surface area (TPSA) is 102 Å². The number of fused-ring (bicyclic) bond motifs is 1. The molecular formula is C28H23NO6S. The van der Waals surface area contributed by atoms with Crippen LogP contribution in [0.4, 0.5) is 5.69 Å². The summed E-state index contributed by atoms with van der Waals surface area (Å²) in [4.78, 5) is 11.5. The first-order valence-electron chi connectivity index (χ1n) is 11.0. The highest BCUT2D eigenvalue weighted by molar-refractivity contribution is 7.93. The molecule has 4 aromatic carbocycles. The summed E-state index contributed by atoms with van der Waals surface area (Å²) in [7, 11) is -2.42. The third-order valence-corrected chi connectivity index (χ3v) is 6.80. The van der Waals surface area contributed by atoms with Crippen molar-refractivity contribution in [3.63, 3.8) is 0 Å². The van der Waals surface area contributed by atoms with E-state index in [0.717, 1.165) is 0 Å². The van der Waals surface area contributed by atoms with Gasteiger partial charge in [-0.15, -0.1) is 0 Å². The molecule has 0 unspecified atom stereocenters. The minimum atomic E-state index is -3.96. The van der Waals surface area contributed by atoms with Gasteiger partial charge in [0, 0.05) is 21.9 Å². The third-order valence-electron chi connectivity index (χ3n) is 5.38. The van der Waals surface area contributed by atoms with Gasteiger partial charge < -0.3 is 14.6 Å². The van der Waals surface area contributed by atoms with Crippen molar-refractivity contribution in [1.82, 2.24) is 0 Å². The molecule has 0 heterocycles. The van der Waals surface area contributed by atoms with Crippen molar-refractivity contribution in [2.75, 3.05) is 18.4 Å². The van der Waals surface area contributed by atoms with Crippen LogP contribution in [0.15, 0.2) is 83.8 Å². The first kappa shape index (κ1) is 24.6. The van der Waals surface area contributed by atoms with Crippen LogP contribution in [-0.4, -0.2) is 33.2 Å². The van der Waals surface area contributed by atoms with Gasteiger partial charge in [0.15, 0.2) is 0 Å². The van der Waals surface area contributed by atoms with Gasteiger partial charge in [-0.05, 0) is 49.4 Å². The average Bonchev–Trinajstić information content (AvgIpc) is 2.87. The molecule has 36 heavy (non-hydrogen) atoms. The summed E-state index contributed by atoms with van der Waals surface area (Å²) in [5.74, 6) is 5.64.